The fourth-order valence-corrected chi connectivity index (χ4v) is 3.94. The highest BCUT2D eigenvalue weighted by atomic mass is 16.5. The molecule has 0 aromatic heterocycles. The largest absolute Gasteiger partial charge is 0.482 e. The van der Waals surface area contributed by atoms with Crippen LogP contribution in [0.15, 0.2) is 66.4 Å². The molecule has 1 saturated carbocycles. The second-order valence-corrected chi connectivity index (χ2v) is 7.86. The zero-order valence-electron chi connectivity index (χ0n) is 17.3. The first-order valence-electron chi connectivity index (χ1n) is 10.4. The second-order valence-electron chi connectivity index (χ2n) is 7.86. The lowest BCUT2D eigenvalue weighted by Gasteiger charge is -2.09. The molecule has 0 heterocycles. The van der Waals surface area contributed by atoms with Crippen LogP contribution in [0.25, 0.3) is 6.08 Å². The summed E-state index contributed by atoms with van der Waals surface area (Å²) in [5.41, 5.74) is 4.10. The minimum atomic E-state index is -1.06. The molecule has 1 N–H and O–H groups in total. The topological polar surface area (TPSA) is 46.5 Å². The summed E-state index contributed by atoms with van der Waals surface area (Å²) in [4.78, 5) is 11.4. The Morgan fingerprint density at radius 2 is 1.79 bits per heavy atom. The van der Waals surface area contributed by atoms with Crippen molar-refractivity contribution in [3.63, 3.8) is 0 Å². The Morgan fingerprint density at radius 3 is 2.31 bits per heavy atom. The first-order valence-corrected chi connectivity index (χ1v) is 10.4. The van der Waals surface area contributed by atoms with Crippen LogP contribution in [0.1, 0.15) is 48.4 Å². The Labute approximate surface area is 173 Å². The van der Waals surface area contributed by atoms with Crippen LogP contribution in [0.2, 0.25) is 0 Å². The van der Waals surface area contributed by atoms with Gasteiger partial charge < -0.3 is 9.84 Å². The fraction of sp³-hybridized carbons (Fsp3) is 0.346. The van der Waals surface area contributed by atoms with E-state index in [0.717, 1.165) is 40.5 Å². The molecule has 1 fully saturated rings. The minimum Gasteiger partial charge on any atom is -0.482 e. The van der Waals surface area contributed by atoms with E-state index in [0.29, 0.717) is 0 Å². The molecule has 0 spiro atoms. The summed E-state index contributed by atoms with van der Waals surface area (Å²) in [5, 5.41) is 9.34. The van der Waals surface area contributed by atoms with Crippen LogP contribution in [-0.2, 0) is 22.6 Å². The lowest BCUT2D eigenvalue weighted by Crippen LogP contribution is -2.05. The highest BCUT2D eigenvalue weighted by Gasteiger charge is 2.25. The zero-order valence-corrected chi connectivity index (χ0v) is 17.3. The maximum Gasteiger partial charge on any atom is 0.371 e. The molecule has 2 aliphatic carbocycles. The Hall–Kier alpha value is -2.81. The molecule has 152 valence electrons. The molecule has 29 heavy (non-hydrogen) atoms. The van der Waals surface area contributed by atoms with E-state index < -0.39 is 5.97 Å². The van der Waals surface area contributed by atoms with Crippen molar-refractivity contribution in [2.45, 2.75) is 46.1 Å². The van der Waals surface area contributed by atoms with Gasteiger partial charge in [-0.2, -0.15) is 0 Å². The first kappa shape index (κ1) is 20.9. The van der Waals surface area contributed by atoms with Crippen LogP contribution in [0.3, 0.4) is 0 Å². The summed E-state index contributed by atoms with van der Waals surface area (Å²) in [6.45, 7) is 4.32. The predicted molar refractivity (Wildman–Crippen MR) is 117 cm³/mol. The summed E-state index contributed by atoms with van der Waals surface area (Å²) in [6.07, 6.45) is 11.6. The number of allylic oxidation sites excluding steroid dienone is 2. The third-order valence-corrected chi connectivity index (χ3v) is 5.58. The van der Waals surface area contributed by atoms with Crippen LogP contribution < -0.4 is 0 Å². The summed E-state index contributed by atoms with van der Waals surface area (Å²) in [7, 11) is 0. The van der Waals surface area contributed by atoms with E-state index in [-0.39, 0.29) is 12.4 Å². The summed E-state index contributed by atoms with van der Waals surface area (Å²) >= 11 is 0. The molecule has 0 aliphatic heterocycles. The van der Waals surface area contributed by atoms with Crippen molar-refractivity contribution >= 4 is 12.0 Å². The van der Waals surface area contributed by atoms with Crippen molar-refractivity contribution in [2.75, 3.05) is 0 Å². The molecule has 2 aliphatic rings. The van der Waals surface area contributed by atoms with Gasteiger partial charge in [0.2, 0.25) is 5.76 Å². The molecule has 2 unspecified atom stereocenters. The molecule has 3 heteroatoms. The third-order valence-electron chi connectivity index (χ3n) is 5.58. The van der Waals surface area contributed by atoms with E-state index in [9.17, 15) is 9.90 Å². The SMILES string of the molecule is C1=CC2CCC1C2.CCc1cc(C)ccc1C=C(OCc1ccccc1)C(=O)O. The van der Waals surface area contributed by atoms with Gasteiger partial charge >= 0.3 is 5.97 Å². The molecule has 4 rings (SSSR count). The average molecular weight is 391 g/mol. The molecule has 0 amide bonds. The number of aryl methyl sites for hydroxylation is 2. The van der Waals surface area contributed by atoms with Gasteiger partial charge in [0.05, 0.1) is 0 Å². The number of aliphatic carboxylic acids is 1. The highest BCUT2D eigenvalue weighted by molar-refractivity contribution is 5.90. The number of rotatable bonds is 6. The first-order chi connectivity index (χ1) is 14.0. The summed E-state index contributed by atoms with van der Waals surface area (Å²) < 4.78 is 5.48. The van der Waals surface area contributed by atoms with Gasteiger partial charge in [0.15, 0.2) is 0 Å². The highest BCUT2D eigenvalue weighted by Crippen LogP contribution is 2.38. The average Bonchev–Trinajstić information content (AvgIpc) is 3.39. The predicted octanol–water partition coefficient (Wildman–Crippen LogP) is 6.17. The van der Waals surface area contributed by atoms with Gasteiger partial charge in [-0.15, -0.1) is 0 Å². The molecule has 0 radical (unpaired) electrons. The van der Waals surface area contributed by atoms with Gasteiger partial charge in [-0.25, -0.2) is 4.79 Å². The molecule has 2 atom stereocenters. The number of carboxylic acid groups (broad SMARTS) is 1. The Bertz CT molecular complexity index is 868. The van der Waals surface area contributed by atoms with Crippen molar-refractivity contribution < 1.29 is 14.6 Å². The number of hydrogen-bond acceptors (Lipinski definition) is 2. The van der Waals surface area contributed by atoms with Gasteiger partial charge in [-0.1, -0.05) is 73.2 Å². The van der Waals surface area contributed by atoms with Crippen molar-refractivity contribution in [3.05, 3.63) is 88.7 Å². The normalized spacial score (nSPS) is 19.6. The maximum atomic E-state index is 11.4. The van der Waals surface area contributed by atoms with Gasteiger partial charge in [0.25, 0.3) is 0 Å². The van der Waals surface area contributed by atoms with Crippen molar-refractivity contribution in [1.82, 2.24) is 0 Å². The lowest BCUT2D eigenvalue weighted by atomic mass is 10.0. The Kier molecular flexibility index (Phi) is 7.29. The van der Waals surface area contributed by atoms with Crippen molar-refractivity contribution in [2.24, 2.45) is 11.8 Å². The fourth-order valence-electron chi connectivity index (χ4n) is 3.94. The number of fused-ring (bicyclic) bond motifs is 2. The molecular formula is C26H30O3. The maximum absolute atomic E-state index is 11.4. The van der Waals surface area contributed by atoms with Gasteiger partial charge in [0, 0.05) is 0 Å². The van der Waals surface area contributed by atoms with E-state index in [1.165, 1.54) is 19.3 Å². The van der Waals surface area contributed by atoms with E-state index in [4.69, 9.17) is 4.74 Å². The van der Waals surface area contributed by atoms with E-state index in [1.54, 1.807) is 6.08 Å². The molecule has 2 aromatic carbocycles. The third kappa shape index (κ3) is 6.08. The minimum absolute atomic E-state index is 0.0394. The van der Waals surface area contributed by atoms with Gasteiger partial charge in [0.1, 0.15) is 6.61 Å². The summed E-state index contributed by atoms with van der Waals surface area (Å²) in [6, 6.07) is 15.5. The molecule has 0 saturated heterocycles. The number of hydrogen-bond donors (Lipinski definition) is 1. The Balaban J connectivity index is 0.000000283. The standard InChI is InChI=1S/C19H20O3.C7H10/c1-3-16-11-14(2)9-10-17(16)12-18(19(20)21)22-13-15-7-5-4-6-8-15;1-2-7-4-3-6(1)5-7/h4-12H,3,13H2,1-2H3,(H,20,21);1-2,6-7H,3-5H2. The van der Waals surface area contributed by atoms with Crippen LogP contribution in [0.4, 0.5) is 0 Å². The molecular weight excluding hydrogens is 360 g/mol. The number of carbonyl (C=O) groups is 1. The number of carboxylic acids is 1. The van der Waals surface area contributed by atoms with E-state index in [1.807, 2.05) is 49.4 Å². The number of benzene rings is 2. The molecule has 2 bridgehead atoms. The summed E-state index contributed by atoms with van der Waals surface area (Å²) in [5.74, 6) is 0.885. The van der Waals surface area contributed by atoms with Crippen LogP contribution in [-0.4, -0.2) is 11.1 Å². The van der Waals surface area contributed by atoms with Crippen molar-refractivity contribution in [1.29, 1.82) is 0 Å². The smallest absolute Gasteiger partial charge is 0.371 e. The van der Waals surface area contributed by atoms with E-state index in [2.05, 4.69) is 25.1 Å². The van der Waals surface area contributed by atoms with Crippen LogP contribution >= 0.6 is 0 Å². The van der Waals surface area contributed by atoms with Crippen LogP contribution in [0, 0.1) is 18.8 Å². The van der Waals surface area contributed by atoms with Gasteiger partial charge in [-0.05, 0) is 67.2 Å². The van der Waals surface area contributed by atoms with E-state index >= 15 is 0 Å². The zero-order chi connectivity index (χ0) is 20.6. The van der Waals surface area contributed by atoms with Gasteiger partial charge in [-0.3, -0.25) is 0 Å². The molecule has 3 nitrogen and oxygen atoms in total. The lowest BCUT2D eigenvalue weighted by molar-refractivity contribution is -0.136. The monoisotopic (exact) mass is 390 g/mol. The quantitative estimate of drug-likeness (QED) is 0.364. The van der Waals surface area contributed by atoms with Crippen molar-refractivity contribution in [3.8, 4) is 0 Å². The Morgan fingerprint density at radius 1 is 1.10 bits per heavy atom. The van der Waals surface area contributed by atoms with Crippen LogP contribution in [0.5, 0.6) is 0 Å². The second kappa shape index (κ2) is 10.1. The number of ether oxygens (including phenoxy) is 1. The molecule has 2 aromatic rings.